The molecular formula is C17H25NO4. The van der Waals surface area contributed by atoms with Gasteiger partial charge in [-0.25, -0.2) is 4.79 Å². The van der Waals surface area contributed by atoms with Crippen molar-refractivity contribution in [3.63, 3.8) is 0 Å². The zero-order valence-corrected chi connectivity index (χ0v) is 13.4. The number of hydrogen-bond donors (Lipinski definition) is 2. The van der Waals surface area contributed by atoms with E-state index >= 15 is 0 Å². The third kappa shape index (κ3) is 6.61. The highest BCUT2D eigenvalue weighted by Crippen LogP contribution is 2.26. The molecule has 1 rings (SSSR count). The van der Waals surface area contributed by atoms with Crippen LogP contribution in [0.25, 0.3) is 0 Å². The molecule has 1 amide bonds. The molecule has 0 aliphatic rings. The molecule has 1 aromatic rings. The van der Waals surface area contributed by atoms with Gasteiger partial charge in [-0.05, 0) is 24.6 Å². The van der Waals surface area contributed by atoms with Crippen LogP contribution in [0.1, 0.15) is 62.7 Å². The summed E-state index contributed by atoms with van der Waals surface area (Å²) >= 11 is 0. The first-order valence-electron chi connectivity index (χ1n) is 7.82. The molecule has 122 valence electrons. The molecule has 0 aliphatic carbocycles. The van der Waals surface area contributed by atoms with Gasteiger partial charge in [0, 0.05) is 6.92 Å². The number of aromatic carboxylic acids is 1. The number of nitrogens with one attached hydrogen (secondary N) is 1. The van der Waals surface area contributed by atoms with E-state index in [1.54, 1.807) is 6.07 Å². The number of benzene rings is 1. The minimum atomic E-state index is -1.03. The van der Waals surface area contributed by atoms with E-state index < -0.39 is 5.97 Å². The molecule has 0 fully saturated rings. The quantitative estimate of drug-likeness (QED) is 0.639. The Morgan fingerprint density at radius 3 is 2.45 bits per heavy atom. The molecule has 0 aliphatic heterocycles. The lowest BCUT2D eigenvalue weighted by Crippen LogP contribution is -2.10. The van der Waals surface area contributed by atoms with Gasteiger partial charge in [0.2, 0.25) is 5.91 Å². The summed E-state index contributed by atoms with van der Waals surface area (Å²) in [5.41, 5.74) is 0.522. The van der Waals surface area contributed by atoms with Crippen LogP contribution in [0.3, 0.4) is 0 Å². The van der Waals surface area contributed by atoms with Crippen molar-refractivity contribution in [3.05, 3.63) is 23.8 Å². The predicted molar refractivity (Wildman–Crippen MR) is 86.6 cm³/mol. The second kappa shape index (κ2) is 9.82. The van der Waals surface area contributed by atoms with Crippen molar-refractivity contribution in [2.75, 3.05) is 11.9 Å². The van der Waals surface area contributed by atoms with E-state index in [4.69, 9.17) is 9.84 Å². The van der Waals surface area contributed by atoms with Gasteiger partial charge in [-0.2, -0.15) is 0 Å². The lowest BCUT2D eigenvalue weighted by Gasteiger charge is -2.12. The van der Waals surface area contributed by atoms with Crippen LogP contribution in [0, 0.1) is 0 Å². The van der Waals surface area contributed by atoms with Crippen molar-refractivity contribution in [1.29, 1.82) is 0 Å². The molecule has 0 unspecified atom stereocenters. The average Bonchev–Trinajstić information content (AvgIpc) is 2.46. The molecule has 0 saturated heterocycles. The number of carboxylic acids is 1. The maximum absolute atomic E-state index is 11.2. The summed E-state index contributed by atoms with van der Waals surface area (Å²) in [4.78, 5) is 22.2. The number of anilines is 1. The van der Waals surface area contributed by atoms with Crippen molar-refractivity contribution < 1.29 is 19.4 Å². The molecule has 0 saturated carbocycles. The van der Waals surface area contributed by atoms with Gasteiger partial charge in [0.1, 0.15) is 5.75 Å². The summed E-state index contributed by atoms with van der Waals surface area (Å²) in [6, 6.07) is 4.48. The Hall–Kier alpha value is -2.04. The minimum Gasteiger partial charge on any atom is -0.491 e. The molecule has 22 heavy (non-hydrogen) atoms. The summed E-state index contributed by atoms with van der Waals surface area (Å²) in [5.74, 6) is -0.783. The SMILES string of the molecule is CCCCCCCCOc1ccc(C(=O)O)cc1NC(C)=O. The van der Waals surface area contributed by atoms with E-state index in [1.807, 2.05) is 0 Å². The molecule has 5 heteroatoms. The molecule has 0 atom stereocenters. The maximum atomic E-state index is 11.2. The Kier molecular flexibility index (Phi) is 8.04. The van der Waals surface area contributed by atoms with Gasteiger partial charge in [-0.3, -0.25) is 4.79 Å². The number of carboxylic acid groups (broad SMARTS) is 1. The lowest BCUT2D eigenvalue weighted by atomic mass is 10.1. The van der Waals surface area contributed by atoms with E-state index in [0.29, 0.717) is 18.0 Å². The highest BCUT2D eigenvalue weighted by Gasteiger charge is 2.10. The zero-order chi connectivity index (χ0) is 16.4. The Morgan fingerprint density at radius 2 is 1.82 bits per heavy atom. The first kappa shape index (κ1) is 18.0. The Morgan fingerprint density at radius 1 is 1.14 bits per heavy atom. The Bertz CT molecular complexity index is 499. The molecule has 2 N–H and O–H groups in total. The number of ether oxygens (including phenoxy) is 1. The van der Waals surface area contributed by atoms with E-state index in [9.17, 15) is 9.59 Å². The molecule has 1 aromatic carbocycles. The van der Waals surface area contributed by atoms with Crippen LogP contribution >= 0.6 is 0 Å². The summed E-state index contributed by atoms with van der Waals surface area (Å²) in [5, 5.41) is 11.6. The highest BCUT2D eigenvalue weighted by atomic mass is 16.5. The Labute approximate surface area is 131 Å². The minimum absolute atomic E-state index is 0.121. The van der Waals surface area contributed by atoms with Crippen LogP contribution in [0.4, 0.5) is 5.69 Å². The standard InChI is InChI=1S/C17H25NO4/c1-3-4-5-6-7-8-11-22-16-10-9-14(17(20)21)12-15(16)18-13(2)19/h9-10,12H,3-8,11H2,1-2H3,(H,18,19)(H,20,21). The van der Waals surface area contributed by atoms with Crippen molar-refractivity contribution in [3.8, 4) is 5.75 Å². The fourth-order valence-corrected chi connectivity index (χ4v) is 2.14. The van der Waals surface area contributed by atoms with Crippen LogP contribution in [0.15, 0.2) is 18.2 Å². The van der Waals surface area contributed by atoms with Gasteiger partial charge < -0.3 is 15.2 Å². The van der Waals surface area contributed by atoms with Gasteiger partial charge >= 0.3 is 5.97 Å². The summed E-state index contributed by atoms with van der Waals surface area (Å²) < 4.78 is 5.67. The van der Waals surface area contributed by atoms with Gasteiger partial charge in [-0.1, -0.05) is 39.0 Å². The lowest BCUT2D eigenvalue weighted by molar-refractivity contribution is -0.114. The first-order valence-corrected chi connectivity index (χ1v) is 7.82. The molecule has 0 radical (unpaired) electrons. The second-order valence-corrected chi connectivity index (χ2v) is 5.31. The normalized spacial score (nSPS) is 10.3. The van der Waals surface area contributed by atoms with Crippen molar-refractivity contribution in [2.45, 2.75) is 52.4 Å². The number of carbonyl (C=O) groups excluding carboxylic acids is 1. The molecule has 0 bridgehead atoms. The number of carbonyl (C=O) groups is 2. The monoisotopic (exact) mass is 307 g/mol. The van der Waals surface area contributed by atoms with Crippen molar-refractivity contribution >= 4 is 17.6 Å². The predicted octanol–water partition coefficient (Wildman–Crippen LogP) is 4.08. The molecular weight excluding hydrogens is 282 g/mol. The van der Waals surface area contributed by atoms with Gasteiger partial charge in [0.05, 0.1) is 17.9 Å². The summed E-state index contributed by atoms with van der Waals surface area (Å²) in [7, 11) is 0. The van der Waals surface area contributed by atoms with Crippen LogP contribution in [0.2, 0.25) is 0 Å². The topological polar surface area (TPSA) is 75.6 Å². The number of unbranched alkanes of at least 4 members (excludes halogenated alkanes) is 5. The van der Waals surface area contributed by atoms with Gasteiger partial charge in [-0.15, -0.1) is 0 Å². The average molecular weight is 307 g/mol. The first-order chi connectivity index (χ1) is 10.5. The second-order valence-electron chi connectivity index (χ2n) is 5.31. The molecule has 0 aromatic heterocycles. The van der Waals surface area contributed by atoms with Gasteiger partial charge in [0.25, 0.3) is 0 Å². The third-order valence-corrected chi connectivity index (χ3v) is 3.29. The molecule has 5 nitrogen and oxygen atoms in total. The van der Waals surface area contributed by atoms with E-state index in [0.717, 1.165) is 12.8 Å². The fourth-order valence-electron chi connectivity index (χ4n) is 2.14. The van der Waals surface area contributed by atoms with Gasteiger partial charge in [0.15, 0.2) is 0 Å². The number of amides is 1. The fraction of sp³-hybridized carbons (Fsp3) is 0.529. The molecule has 0 heterocycles. The number of rotatable bonds is 10. The summed E-state index contributed by atoms with van der Waals surface area (Å²) in [6.07, 6.45) is 7.01. The largest absolute Gasteiger partial charge is 0.491 e. The Balaban J connectivity index is 2.53. The van der Waals surface area contributed by atoms with Crippen molar-refractivity contribution in [1.82, 2.24) is 0 Å². The number of hydrogen-bond acceptors (Lipinski definition) is 3. The van der Waals surface area contributed by atoms with E-state index in [-0.39, 0.29) is 11.5 Å². The van der Waals surface area contributed by atoms with E-state index in [2.05, 4.69) is 12.2 Å². The van der Waals surface area contributed by atoms with E-state index in [1.165, 1.54) is 44.7 Å². The zero-order valence-electron chi connectivity index (χ0n) is 13.4. The molecule has 0 spiro atoms. The highest BCUT2D eigenvalue weighted by molar-refractivity contribution is 5.94. The third-order valence-electron chi connectivity index (χ3n) is 3.29. The summed E-state index contributed by atoms with van der Waals surface area (Å²) in [6.45, 7) is 4.13. The van der Waals surface area contributed by atoms with Crippen LogP contribution < -0.4 is 10.1 Å². The van der Waals surface area contributed by atoms with Crippen molar-refractivity contribution in [2.24, 2.45) is 0 Å². The van der Waals surface area contributed by atoms with Crippen LogP contribution in [0.5, 0.6) is 5.75 Å². The smallest absolute Gasteiger partial charge is 0.335 e. The van der Waals surface area contributed by atoms with Crippen LogP contribution in [-0.4, -0.2) is 23.6 Å². The maximum Gasteiger partial charge on any atom is 0.335 e. The van der Waals surface area contributed by atoms with Crippen LogP contribution in [-0.2, 0) is 4.79 Å².